The van der Waals surface area contributed by atoms with Crippen LogP contribution >= 0.6 is 0 Å². The third-order valence-electron chi connectivity index (χ3n) is 7.18. The van der Waals surface area contributed by atoms with Crippen molar-refractivity contribution in [1.29, 1.82) is 0 Å². The number of nitrogens with one attached hydrogen (secondary N) is 1. The highest BCUT2D eigenvalue weighted by atomic mass is 16.4. The van der Waals surface area contributed by atoms with Gasteiger partial charge in [0.1, 0.15) is 5.39 Å². The third-order valence-corrected chi connectivity index (χ3v) is 7.18. The van der Waals surface area contributed by atoms with Crippen molar-refractivity contribution in [3.8, 4) is 5.69 Å². The maximum Gasteiger partial charge on any atom is 0.419 e. The molecule has 5 aromatic rings. The first kappa shape index (κ1) is 24.7. The number of anilines is 3. The fourth-order valence-corrected chi connectivity index (χ4v) is 5.07. The van der Waals surface area contributed by atoms with Gasteiger partial charge in [-0.05, 0) is 56.4 Å². The molecule has 2 aromatic carbocycles. The molecule has 200 valence electrons. The Kier molecular flexibility index (Phi) is 6.27. The Labute approximate surface area is 224 Å². The Bertz CT molecular complexity index is 1790. The Balaban J connectivity index is 1.38. The van der Waals surface area contributed by atoms with E-state index in [0.29, 0.717) is 40.3 Å². The summed E-state index contributed by atoms with van der Waals surface area (Å²) in [5.74, 6) is -0.0489. The molecule has 3 aromatic heterocycles. The van der Waals surface area contributed by atoms with Gasteiger partial charge in [-0.15, -0.1) is 6.58 Å². The molecule has 6 rings (SSSR count). The van der Waals surface area contributed by atoms with E-state index in [2.05, 4.69) is 45.9 Å². The number of hydrogen-bond acceptors (Lipinski definition) is 8. The van der Waals surface area contributed by atoms with Crippen LogP contribution in [0.25, 0.3) is 27.8 Å². The lowest BCUT2D eigenvalue weighted by atomic mass is 10.2. The summed E-state index contributed by atoms with van der Waals surface area (Å²) < 4.78 is 10.2. The van der Waals surface area contributed by atoms with Gasteiger partial charge in [0.2, 0.25) is 5.95 Å². The fraction of sp³-hybridized carbons (Fsp3) is 0.286. The SMILES string of the molecule is C=CCn1c(=O)c2cnc(Nc3ccc(N4CCN(C)CC4)cc3)nc2n1-c1ccc2oc(=O)n(CC)c2c1. The van der Waals surface area contributed by atoms with Gasteiger partial charge >= 0.3 is 5.76 Å². The van der Waals surface area contributed by atoms with Gasteiger partial charge < -0.3 is 19.5 Å². The van der Waals surface area contributed by atoms with Crippen LogP contribution in [0.2, 0.25) is 0 Å². The normalized spacial score (nSPS) is 14.4. The zero-order valence-electron chi connectivity index (χ0n) is 22.0. The van der Waals surface area contributed by atoms with E-state index in [0.717, 1.165) is 31.9 Å². The number of rotatable bonds is 7. The minimum Gasteiger partial charge on any atom is -0.408 e. The summed E-state index contributed by atoms with van der Waals surface area (Å²) >= 11 is 0. The van der Waals surface area contributed by atoms with Gasteiger partial charge in [0.15, 0.2) is 11.2 Å². The summed E-state index contributed by atoms with van der Waals surface area (Å²) in [6.07, 6.45) is 3.20. The van der Waals surface area contributed by atoms with Crippen LogP contribution in [0.5, 0.6) is 0 Å². The lowest BCUT2D eigenvalue weighted by molar-refractivity contribution is 0.313. The average Bonchev–Trinajstić information content (AvgIpc) is 3.41. The molecule has 1 saturated heterocycles. The lowest BCUT2D eigenvalue weighted by Crippen LogP contribution is -2.44. The number of allylic oxidation sites excluding steroid dienone is 1. The van der Waals surface area contributed by atoms with Crippen LogP contribution in [0, 0.1) is 0 Å². The summed E-state index contributed by atoms with van der Waals surface area (Å²) in [7, 11) is 2.14. The number of piperazine rings is 1. The molecular formula is C28H30N8O3. The van der Waals surface area contributed by atoms with Gasteiger partial charge in [0.05, 0.1) is 17.7 Å². The van der Waals surface area contributed by atoms with Gasteiger partial charge in [0.25, 0.3) is 5.56 Å². The van der Waals surface area contributed by atoms with Crippen LogP contribution < -0.4 is 21.5 Å². The molecule has 11 nitrogen and oxygen atoms in total. The maximum atomic E-state index is 13.3. The molecule has 0 radical (unpaired) electrons. The van der Waals surface area contributed by atoms with Crippen molar-refractivity contribution in [2.24, 2.45) is 0 Å². The average molecular weight is 527 g/mol. The Morgan fingerprint density at radius 3 is 2.51 bits per heavy atom. The molecule has 0 amide bonds. The summed E-state index contributed by atoms with van der Waals surface area (Å²) in [5, 5.41) is 3.65. The number of oxazole rings is 1. The minimum atomic E-state index is -0.419. The molecular weight excluding hydrogens is 496 g/mol. The molecule has 39 heavy (non-hydrogen) atoms. The molecule has 4 heterocycles. The van der Waals surface area contributed by atoms with Crippen LogP contribution in [0.1, 0.15) is 6.92 Å². The molecule has 1 aliphatic heterocycles. The molecule has 1 aliphatic rings. The Morgan fingerprint density at radius 1 is 1.05 bits per heavy atom. The first-order chi connectivity index (χ1) is 19.0. The molecule has 0 unspecified atom stereocenters. The van der Waals surface area contributed by atoms with Crippen molar-refractivity contribution in [1.82, 2.24) is 28.8 Å². The van der Waals surface area contributed by atoms with E-state index in [4.69, 9.17) is 9.40 Å². The van der Waals surface area contributed by atoms with Gasteiger partial charge in [-0.3, -0.25) is 9.36 Å². The first-order valence-electron chi connectivity index (χ1n) is 13.0. The van der Waals surface area contributed by atoms with Gasteiger partial charge in [-0.25, -0.2) is 19.1 Å². The number of aromatic nitrogens is 5. The summed E-state index contributed by atoms with van der Waals surface area (Å²) in [6.45, 7) is 10.5. The summed E-state index contributed by atoms with van der Waals surface area (Å²) in [4.78, 5) is 39.4. The second kappa shape index (κ2) is 9.91. The van der Waals surface area contributed by atoms with E-state index < -0.39 is 5.76 Å². The monoisotopic (exact) mass is 526 g/mol. The van der Waals surface area contributed by atoms with E-state index in [1.165, 1.54) is 5.69 Å². The number of aryl methyl sites for hydroxylation is 1. The smallest absolute Gasteiger partial charge is 0.408 e. The maximum absolute atomic E-state index is 13.3. The molecule has 1 N–H and O–H groups in total. The van der Waals surface area contributed by atoms with Gasteiger partial charge in [0, 0.05) is 50.3 Å². The molecule has 0 atom stereocenters. The highest BCUT2D eigenvalue weighted by Crippen LogP contribution is 2.24. The number of benzene rings is 2. The first-order valence-corrected chi connectivity index (χ1v) is 13.0. The van der Waals surface area contributed by atoms with E-state index in [1.54, 1.807) is 38.3 Å². The molecule has 1 fully saturated rings. The third kappa shape index (κ3) is 4.40. The predicted molar refractivity (Wildman–Crippen MR) is 152 cm³/mol. The quantitative estimate of drug-likeness (QED) is 0.322. The van der Waals surface area contributed by atoms with Crippen LogP contribution in [-0.4, -0.2) is 62.0 Å². The Morgan fingerprint density at radius 2 is 1.79 bits per heavy atom. The van der Waals surface area contributed by atoms with Gasteiger partial charge in [-0.2, -0.15) is 4.98 Å². The minimum absolute atomic E-state index is 0.229. The molecule has 11 heteroatoms. The standard InChI is InChI=1S/C28H30N8O3/c1-4-12-35-26(37)22-18-29-27(30-19-6-8-20(9-7-19)33-15-13-32(3)14-16-33)31-25(22)36(35)21-10-11-24-23(17-21)34(5-2)28(38)39-24/h4,6-11,17-18H,1,5,12-16H2,2-3H3,(H,29,30,31). The predicted octanol–water partition coefficient (Wildman–Crippen LogP) is 3.19. The van der Waals surface area contributed by atoms with Gasteiger partial charge in [-0.1, -0.05) is 6.08 Å². The van der Waals surface area contributed by atoms with Crippen molar-refractivity contribution in [2.75, 3.05) is 43.4 Å². The van der Waals surface area contributed by atoms with E-state index in [-0.39, 0.29) is 12.1 Å². The van der Waals surface area contributed by atoms with Crippen LogP contribution in [0.3, 0.4) is 0 Å². The van der Waals surface area contributed by atoms with E-state index in [1.807, 2.05) is 25.1 Å². The highest BCUT2D eigenvalue weighted by molar-refractivity contribution is 5.80. The number of likely N-dealkylation sites (N-methyl/N-ethyl adjacent to an activating group) is 1. The zero-order chi connectivity index (χ0) is 27.1. The van der Waals surface area contributed by atoms with Crippen LogP contribution in [-0.2, 0) is 13.1 Å². The van der Waals surface area contributed by atoms with Crippen molar-refractivity contribution in [3.05, 3.63) is 82.2 Å². The molecule has 0 bridgehead atoms. The van der Waals surface area contributed by atoms with Crippen molar-refractivity contribution in [3.63, 3.8) is 0 Å². The molecule has 0 aliphatic carbocycles. The second-order valence-electron chi connectivity index (χ2n) is 9.65. The van der Waals surface area contributed by atoms with Crippen molar-refractivity contribution >= 4 is 39.5 Å². The van der Waals surface area contributed by atoms with Crippen molar-refractivity contribution in [2.45, 2.75) is 20.0 Å². The largest absolute Gasteiger partial charge is 0.419 e. The fourth-order valence-electron chi connectivity index (χ4n) is 5.07. The molecule has 0 saturated carbocycles. The number of nitrogens with zero attached hydrogens (tertiary/aromatic N) is 7. The van der Waals surface area contributed by atoms with Crippen molar-refractivity contribution < 1.29 is 4.42 Å². The number of fused-ring (bicyclic) bond motifs is 2. The lowest BCUT2D eigenvalue weighted by Gasteiger charge is -2.34. The highest BCUT2D eigenvalue weighted by Gasteiger charge is 2.19. The zero-order valence-corrected chi connectivity index (χ0v) is 22.0. The number of hydrogen-bond donors (Lipinski definition) is 1. The molecule has 0 spiro atoms. The van der Waals surface area contributed by atoms with Crippen LogP contribution in [0.15, 0.2) is 75.3 Å². The second-order valence-corrected chi connectivity index (χ2v) is 9.65. The topological polar surface area (TPSA) is 106 Å². The summed E-state index contributed by atoms with van der Waals surface area (Å²) in [6, 6.07) is 13.6. The summed E-state index contributed by atoms with van der Waals surface area (Å²) in [5.41, 5.74) is 4.04. The van der Waals surface area contributed by atoms with E-state index in [9.17, 15) is 9.59 Å². The Hall–Kier alpha value is -4.64. The van der Waals surface area contributed by atoms with Crippen LogP contribution in [0.4, 0.5) is 17.3 Å². The van der Waals surface area contributed by atoms with E-state index >= 15 is 0 Å².